The number of aliphatic hydroxyl groups is 1. The molecule has 1 aromatic heterocycles. The van der Waals surface area contributed by atoms with Gasteiger partial charge in [-0.1, -0.05) is 6.07 Å². The van der Waals surface area contributed by atoms with Gasteiger partial charge in [-0.2, -0.15) is 0 Å². The Balaban J connectivity index is 1.40. The van der Waals surface area contributed by atoms with Gasteiger partial charge < -0.3 is 10.4 Å². The minimum atomic E-state index is -0.284. The molecular formula is C16H24N3O. The second kappa shape index (κ2) is 6.66. The Kier molecular flexibility index (Phi) is 4.65. The van der Waals surface area contributed by atoms with Crippen LogP contribution in [0.2, 0.25) is 0 Å². The molecule has 0 amide bonds. The van der Waals surface area contributed by atoms with Gasteiger partial charge in [-0.15, -0.1) is 0 Å². The topological polar surface area (TPSA) is 48.4 Å². The van der Waals surface area contributed by atoms with E-state index in [0.29, 0.717) is 18.6 Å². The Morgan fingerprint density at radius 3 is 2.85 bits per heavy atom. The zero-order valence-electron chi connectivity index (χ0n) is 11.9. The molecule has 3 rings (SSSR count). The fourth-order valence-electron chi connectivity index (χ4n) is 3.49. The number of rotatable bonds is 6. The maximum atomic E-state index is 10.2. The predicted octanol–water partition coefficient (Wildman–Crippen LogP) is 1.36. The Bertz CT molecular complexity index is 395. The number of nitrogens with one attached hydrogen (secondary N) is 1. The SMILES string of the molecule is OC(CNCc1cccnc1)CN1[C@@H]2C[CH]C[C@H]1CC2. The van der Waals surface area contributed by atoms with Gasteiger partial charge in [0.15, 0.2) is 0 Å². The first-order valence-electron chi connectivity index (χ1n) is 7.68. The maximum absolute atomic E-state index is 10.2. The molecule has 3 atom stereocenters. The molecule has 3 heterocycles. The summed E-state index contributed by atoms with van der Waals surface area (Å²) in [4.78, 5) is 6.61. The molecular weight excluding hydrogens is 250 g/mol. The number of pyridine rings is 1. The van der Waals surface area contributed by atoms with Crippen LogP contribution in [0.5, 0.6) is 0 Å². The van der Waals surface area contributed by atoms with Crippen LogP contribution >= 0.6 is 0 Å². The summed E-state index contributed by atoms with van der Waals surface area (Å²) in [6.07, 6.45) is 10.8. The van der Waals surface area contributed by atoms with E-state index in [1.54, 1.807) is 6.20 Å². The molecule has 2 fully saturated rings. The first kappa shape index (κ1) is 14.0. The monoisotopic (exact) mass is 274 g/mol. The van der Waals surface area contributed by atoms with E-state index in [2.05, 4.69) is 21.6 Å². The van der Waals surface area contributed by atoms with E-state index < -0.39 is 0 Å². The summed E-state index contributed by atoms with van der Waals surface area (Å²) in [6, 6.07) is 5.35. The lowest BCUT2D eigenvalue weighted by molar-refractivity contribution is 0.0719. The Hall–Kier alpha value is -0.970. The highest BCUT2D eigenvalue weighted by atomic mass is 16.3. The average molecular weight is 274 g/mol. The highest BCUT2D eigenvalue weighted by Gasteiger charge is 2.36. The van der Waals surface area contributed by atoms with Crippen LogP contribution < -0.4 is 5.32 Å². The van der Waals surface area contributed by atoms with Crippen LogP contribution in [0.3, 0.4) is 0 Å². The molecule has 2 aliphatic heterocycles. The quantitative estimate of drug-likeness (QED) is 0.822. The average Bonchev–Trinajstić information content (AvgIpc) is 2.70. The Morgan fingerprint density at radius 1 is 1.35 bits per heavy atom. The van der Waals surface area contributed by atoms with E-state index in [-0.39, 0.29) is 6.10 Å². The van der Waals surface area contributed by atoms with E-state index in [4.69, 9.17) is 0 Å². The van der Waals surface area contributed by atoms with Crippen molar-refractivity contribution in [3.05, 3.63) is 36.5 Å². The smallest absolute Gasteiger partial charge is 0.0791 e. The number of piperidine rings is 1. The fraction of sp³-hybridized carbons (Fsp3) is 0.625. The van der Waals surface area contributed by atoms with Crippen LogP contribution in [0.4, 0.5) is 0 Å². The number of fused-ring (bicyclic) bond motifs is 2. The largest absolute Gasteiger partial charge is 0.390 e. The van der Waals surface area contributed by atoms with Crippen molar-refractivity contribution in [2.24, 2.45) is 0 Å². The molecule has 109 valence electrons. The van der Waals surface area contributed by atoms with Crippen LogP contribution in [0.15, 0.2) is 24.5 Å². The normalized spacial score (nSPS) is 27.6. The van der Waals surface area contributed by atoms with Gasteiger partial charge in [0.05, 0.1) is 6.10 Å². The summed E-state index contributed by atoms with van der Waals surface area (Å²) in [5.41, 5.74) is 1.16. The van der Waals surface area contributed by atoms with Gasteiger partial charge in [0.2, 0.25) is 0 Å². The second-order valence-electron chi connectivity index (χ2n) is 5.99. The van der Waals surface area contributed by atoms with Crippen molar-refractivity contribution < 1.29 is 5.11 Å². The molecule has 2 aliphatic rings. The molecule has 0 aromatic carbocycles. The highest BCUT2D eigenvalue weighted by molar-refractivity contribution is 5.07. The number of hydrogen-bond donors (Lipinski definition) is 2. The molecule has 4 heteroatoms. The molecule has 0 aliphatic carbocycles. The van der Waals surface area contributed by atoms with Crippen LogP contribution in [0, 0.1) is 6.42 Å². The molecule has 2 saturated heterocycles. The molecule has 1 unspecified atom stereocenters. The summed E-state index contributed by atoms with van der Waals surface area (Å²) in [7, 11) is 0. The highest BCUT2D eigenvalue weighted by Crippen LogP contribution is 2.34. The molecule has 0 spiro atoms. The molecule has 1 radical (unpaired) electrons. The van der Waals surface area contributed by atoms with Crippen molar-refractivity contribution in [3.8, 4) is 0 Å². The first-order valence-corrected chi connectivity index (χ1v) is 7.68. The summed E-state index contributed by atoms with van der Waals surface area (Å²) in [5, 5.41) is 13.5. The number of hydrogen-bond acceptors (Lipinski definition) is 4. The van der Waals surface area contributed by atoms with E-state index in [9.17, 15) is 5.11 Å². The zero-order valence-corrected chi connectivity index (χ0v) is 11.9. The number of aliphatic hydroxyl groups excluding tert-OH is 1. The van der Waals surface area contributed by atoms with Gasteiger partial charge >= 0.3 is 0 Å². The van der Waals surface area contributed by atoms with Crippen molar-refractivity contribution in [1.82, 2.24) is 15.2 Å². The Morgan fingerprint density at radius 2 is 2.15 bits per heavy atom. The van der Waals surface area contributed by atoms with Gasteiger partial charge in [0.1, 0.15) is 0 Å². The lowest BCUT2D eigenvalue weighted by Crippen LogP contribution is -2.46. The van der Waals surface area contributed by atoms with Gasteiger partial charge in [0, 0.05) is 44.1 Å². The van der Waals surface area contributed by atoms with Crippen molar-refractivity contribution in [2.75, 3.05) is 13.1 Å². The summed E-state index contributed by atoms with van der Waals surface area (Å²) in [6.45, 7) is 2.23. The molecule has 1 aromatic rings. The third kappa shape index (κ3) is 3.37. The fourth-order valence-corrected chi connectivity index (χ4v) is 3.49. The predicted molar refractivity (Wildman–Crippen MR) is 79.0 cm³/mol. The summed E-state index contributed by atoms with van der Waals surface area (Å²) < 4.78 is 0. The molecule has 0 saturated carbocycles. The van der Waals surface area contributed by atoms with Crippen LogP contribution in [-0.4, -0.2) is 46.3 Å². The standard InChI is InChI=1S/C16H24N3O/c20-16(11-18-10-13-3-2-8-17-9-13)12-19-14-4-1-5-15(19)7-6-14/h1-3,8-9,14-16,18,20H,4-7,10-12H2/t14-,15+,16?. The van der Waals surface area contributed by atoms with Gasteiger partial charge in [-0.3, -0.25) is 9.88 Å². The van der Waals surface area contributed by atoms with Gasteiger partial charge in [-0.05, 0) is 43.7 Å². The summed E-state index contributed by atoms with van der Waals surface area (Å²) in [5.74, 6) is 0. The first-order chi connectivity index (χ1) is 9.83. The van der Waals surface area contributed by atoms with E-state index in [0.717, 1.165) is 18.7 Å². The summed E-state index contributed by atoms with van der Waals surface area (Å²) >= 11 is 0. The molecule has 2 N–H and O–H groups in total. The van der Waals surface area contributed by atoms with Gasteiger partial charge in [-0.25, -0.2) is 0 Å². The van der Waals surface area contributed by atoms with Crippen molar-refractivity contribution in [1.29, 1.82) is 0 Å². The van der Waals surface area contributed by atoms with Crippen LogP contribution in [-0.2, 0) is 6.54 Å². The number of aromatic nitrogens is 1. The van der Waals surface area contributed by atoms with Crippen LogP contribution in [0.1, 0.15) is 31.2 Å². The lowest BCUT2D eigenvalue weighted by Gasteiger charge is -2.35. The zero-order chi connectivity index (χ0) is 13.8. The van der Waals surface area contributed by atoms with E-state index >= 15 is 0 Å². The van der Waals surface area contributed by atoms with Crippen LogP contribution in [0.25, 0.3) is 0 Å². The molecule has 20 heavy (non-hydrogen) atoms. The maximum Gasteiger partial charge on any atom is 0.0791 e. The van der Waals surface area contributed by atoms with Crippen molar-refractivity contribution in [2.45, 2.75) is 50.4 Å². The molecule has 4 nitrogen and oxygen atoms in total. The third-order valence-corrected chi connectivity index (χ3v) is 4.50. The second-order valence-corrected chi connectivity index (χ2v) is 5.99. The van der Waals surface area contributed by atoms with Crippen molar-refractivity contribution >= 4 is 0 Å². The van der Waals surface area contributed by atoms with E-state index in [1.165, 1.54) is 25.7 Å². The minimum Gasteiger partial charge on any atom is -0.390 e. The van der Waals surface area contributed by atoms with E-state index in [1.807, 2.05) is 18.3 Å². The lowest BCUT2D eigenvalue weighted by atomic mass is 10.0. The molecule has 2 bridgehead atoms. The minimum absolute atomic E-state index is 0.284. The number of nitrogens with zero attached hydrogens (tertiary/aromatic N) is 2. The van der Waals surface area contributed by atoms with Gasteiger partial charge in [0.25, 0.3) is 0 Å². The van der Waals surface area contributed by atoms with Crippen molar-refractivity contribution in [3.63, 3.8) is 0 Å². The third-order valence-electron chi connectivity index (χ3n) is 4.50. The Labute approximate surface area is 121 Å².